The molecule has 4 N–H and O–H groups in total. The first-order valence-electron chi connectivity index (χ1n) is 9.46. The minimum absolute atomic E-state index is 0.336. The van der Waals surface area contributed by atoms with Gasteiger partial charge in [-0.25, -0.2) is 4.99 Å². The molecule has 0 spiro atoms. The first-order chi connectivity index (χ1) is 12.8. The summed E-state index contributed by atoms with van der Waals surface area (Å²) in [5.74, 6) is 3.72. The van der Waals surface area contributed by atoms with Gasteiger partial charge in [-0.2, -0.15) is 4.99 Å². The predicted octanol–water partition coefficient (Wildman–Crippen LogP) is 0.240. The Bertz CT molecular complexity index is 776. The van der Waals surface area contributed by atoms with Crippen LogP contribution in [0.4, 0.5) is 0 Å². The monoisotopic (exact) mass is 353 g/mol. The number of fused-ring (bicyclic) bond motifs is 2. The van der Waals surface area contributed by atoms with Gasteiger partial charge in [0.05, 0.1) is 26.4 Å². The van der Waals surface area contributed by atoms with Crippen LogP contribution in [0.2, 0.25) is 0 Å². The number of rotatable bonds is 3. The first kappa shape index (κ1) is 15.0. The molecule has 136 valence electrons. The lowest BCUT2D eigenvalue weighted by Crippen LogP contribution is -2.56. The summed E-state index contributed by atoms with van der Waals surface area (Å²) in [4.78, 5) is 9.32. The van der Waals surface area contributed by atoms with E-state index < -0.39 is 5.66 Å². The maximum atomic E-state index is 6.19. The molecule has 5 aliphatic rings. The minimum atomic E-state index is -0.560. The van der Waals surface area contributed by atoms with Crippen LogP contribution >= 0.6 is 0 Å². The lowest BCUT2D eigenvalue weighted by atomic mass is 9.91. The Morgan fingerprint density at radius 2 is 1.65 bits per heavy atom. The zero-order chi connectivity index (χ0) is 17.3. The van der Waals surface area contributed by atoms with Crippen LogP contribution in [0.15, 0.2) is 40.3 Å². The molecule has 7 nitrogen and oxygen atoms in total. The van der Waals surface area contributed by atoms with Gasteiger partial charge in [0.15, 0.2) is 5.66 Å². The lowest BCUT2D eigenvalue weighted by Gasteiger charge is -2.37. The third-order valence-corrected chi connectivity index (χ3v) is 6.73. The highest BCUT2D eigenvalue weighted by molar-refractivity contribution is 5.97. The normalized spacial score (nSPS) is 45.1. The third-order valence-electron chi connectivity index (χ3n) is 6.73. The van der Waals surface area contributed by atoms with Crippen LogP contribution in [-0.2, 0) is 15.1 Å². The van der Waals surface area contributed by atoms with Crippen LogP contribution in [0.1, 0.15) is 5.56 Å². The van der Waals surface area contributed by atoms with E-state index in [0.29, 0.717) is 41.6 Å². The molecule has 2 saturated carbocycles. The molecular weight excluding hydrogens is 330 g/mol. The highest BCUT2D eigenvalue weighted by atomic mass is 16.5. The Hall–Kier alpha value is -2.12. The van der Waals surface area contributed by atoms with Crippen molar-refractivity contribution in [2.45, 2.75) is 11.7 Å². The standard InChI is InChI=1S/C19H23N5O2/c20-17-22-18(21-16-13-8-26-9-14(13)16)24-19(23-17,10-4-2-1-3-5-10)15-11-6-25-7-12(11)15/h1-5,11-16H,6-9H2,(H4,20,21,22,23,24). The highest BCUT2D eigenvalue weighted by Crippen LogP contribution is 2.60. The van der Waals surface area contributed by atoms with Gasteiger partial charge in [-0.3, -0.25) is 0 Å². The molecule has 0 bridgehead atoms. The lowest BCUT2D eigenvalue weighted by molar-refractivity contribution is 0.128. The number of ether oxygens (including phenoxy) is 2. The van der Waals surface area contributed by atoms with E-state index in [1.807, 2.05) is 6.07 Å². The Balaban J connectivity index is 1.33. The maximum Gasteiger partial charge on any atom is 0.221 e. The quantitative estimate of drug-likeness (QED) is 0.724. The number of hydrogen-bond donors (Lipinski definition) is 3. The van der Waals surface area contributed by atoms with Crippen molar-refractivity contribution in [2.75, 3.05) is 26.4 Å². The van der Waals surface area contributed by atoms with E-state index >= 15 is 0 Å². The molecule has 3 heterocycles. The molecule has 2 saturated heterocycles. The van der Waals surface area contributed by atoms with Gasteiger partial charge >= 0.3 is 0 Å². The van der Waals surface area contributed by atoms with E-state index in [2.05, 4.69) is 39.9 Å². The number of benzene rings is 1. The fourth-order valence-corrected chi connectivity index (χ4v) is 5.28. The van der Waals surface area contributed by atoms with Crippen molar-refractivity contribution in [1.82, 2.24) is 10.6 Å². The number of nitrogens with two attached hydrogens (primary N) is 1. The Kier molecular flexibility index (Phi) is 3.00. The van der Waals surface area contributed by atoms with Crippen LogP contribution in [-0.4, -0.2) is 44.4 Å². The molecule has 1 aromatic rings. The number of nitrogens with zero attached hydrogens (tertiary/aromatic N) is 2. The topological polar surface area (TPSA) is 93.3 Å². The van der Waals surface area contributed by atoms with Crippen molar-refractivity contribution in [3.63, 3.8) is 0 Å². The molecule has 4 fully saturated rings. The second-order valence-corrected chi connectivity index (χ2v) is 8.11. The third kappa shape index (κ3) is 2.07. The average molecular weight is 353 g/mol. The zero-order valence-electron chi connectivity index (χ0n) is 14.5. The molecule has 0 amide bonds. The van der Waals surface area contributed by atoms with Crippen LogP contribution in [0, 0.1) is 29.6 Å². The fourth-order valence-electron chi connectivity index (χ4n) is 5.28. The summed E-state index contributed by atoms with van der Waals surface area (Å²) in [5.41, 5.74) is 6.77. The summed E-state index contributed by atoms with van der Waals surface area (Å²) in [7, 11) is 0. The summed E-state index contributed by atoms with van der Waals surface area (Å²) in [6.45, 7) is 3.30. The van der Waals surface area contributed by atoms with Crippen molar-refractivity contribution in [3.8, 4) is 0 Å². The SMILES string of the molecule is NC1=NC(c2ccccc2)(C2C3COCC32)NC(NC2C3COCC32)=N1. The largest absolute Gasteiger partial charge is 0.381 e. The van der Waals surface area contributed by atoms with E-state index in [9.17, 15) is 0 Å². The van der Waals surface area contributed by atoms with Crippen molar-refractivity contribution >= 4 is 11.9 Å². The van der Waals surface area contributed by atoms with Gasteiger partial charge in [0.25, 0.3) is 0 Å². The second kappa shape index (κ2) is 5.20. The first-order valence-corrected chi connectivity index (χ1v) is 9.46. The van der Waals surface area contributed by atoms with Gasteiger partial charge in [0, 0.05) is 23.8 Å². The fraction of sp³-hybridized carbons (Fsp3) is 0.579. The van der Waals surface area contributed by atoms with E-state index in [1.54, 1.807) is 0 Å². The molecule has 7 heteroatoms. The number of guanidine groups is 2. The summed E-state index contributed by atoms with van der Waals surface area (Å²) in [6, 6.07) is 10.8. The molecule has 5 unspecified atom stereocenters. The van der Waals surface area contributed by atoms with Gasteiger partial charge < -0.3 is 25.8 Å². The summed E-state index contributed by atoms with van der Waals surface area (Å²) in [5, 5.41) is 7.20. The van der Waals surface area contributed by atoms with Crippen LogP contribution in [0.5, 0.6) is 0 Å². The Morgan fingerprint density at radius 3 is 2.35 bits per heavy atom. The maximum absolute atomic E-state index is 6.19. The van der Waals surface area contributed by atoms with Gasteiger partial charge in [-0.1, -0.05) is 30.3 Å². The smallest absolute Gasteiger partial charge is 0.221 e. The van der Waals surface area contributed by atoms with Gasteiger partial charge in [0.1, 0.15) is 0 Å². The summed E-state index contributed by atoms with van der Waals surface area (Å²) < 4.78 is 11.1. The van der Waals surface area contributed by atoms with E-state index in [-0.39, 0.29) is 0 Å². The number of hydrogen-bond acceptors (Lipinski definition) is 7. The van der Waals surface area contributed by atoms with Gasteiger partial charge in [0.2, 0.25) is 11.9 Å². The molecular formula is C19H23N5O2. The molecule has 26 heavy (non-hydrogen) atoms. The van der Waals surface area contributed by atoms with Crippen molar-refractivity contribution < 1.29 is 9.47 Å². The minimum Gasteiger partial charge on any atom is -0.381 e. The van der Waals surface area contributed by atoms with Crippen LogP contribution in [0.3, 0.4) is 0 Å². The van der Waals surface area contributed by atoms with Crippen LogP contribution in [0.25, 0.3) is 0 Å². The van der Waals surface area contributed by atoms with Crippen LogP contribution < -0.4 is 16.4 Å². The molecule has 2 aliphatic carbocycles. The number of nitrogens with one attached hydrogen (secondary N) is 2. The highest BCUT2D eigenvalue weighted by Gasteiger charge is 2.65. The van der Waals surface area contributed by atoms with Gasteiger partial charge in [-0.05, 0) is 17.4 Å². The van der Waals surface area contributed by atoms with E-state index in [1.165, 1.54) is 0 Å². The molecule has 6 rings (SSSR count). The summed E-state index contributed by atoms with van der Waals surface area (Å²) in [6.07, 6.45) is 0. The Morgan fingerprint density at radius 1 is 1.00 bits per heavy atom. The second-order valence-electron chi connectivity index (χ2n) is 8.11. The molecule has 3 aliphatic heterocycles. The van der Waals surface area contributed by atoms with Gasteiger partial charge in [-0.15, -0.1) is 0 Å². The molecule has 0 aromatic heterocycles. The predicted molar refractivity (Wildman–Crippen MR) is 96.3 cm³/mol. The molecule has 5 atom stereocenters. The van der Waals surface area contributed by atoms with Crippen molar-refractivity contribution in [2.24, 2.45) is 45.3 Å². The van der Waals surface area contributed by atoms with Crippen molar-refractivity contribution in [1.29, 1.82) is 0 Å². The molecule has 1 aromatic carbocycles. The Labute approximate surface area is 152 Å². The van der Waals surface area contributed by atoms with E-state index in [4.69, 9.17) is 20.2 Å². The number of aliphatic imine (C=N–C) groups is 2. The van der Waals surface area contributed by atoms with Crippen molar-refractivity contribution in [3.05, 3.63) is 35.9 Å². The zero-order valence-corrected chi connectivity index (χ0v) is 14.5. The average Bonchev–Trinajstić information content (AvgIpc) is 3.30. The molecule has 0 radical (unpaired) electrons. The van der Waals surface area contributed by atoms with E-state index in [0.717, 1.165) is 38.0 Å². The summed E-state index contributed by atoms with van der Waals surface area (Å²) >= 11 is 0.